The number of amidine groups is 1. The second-order valence-electron chi connectivity index (χ2n) is 5.81. The summed E-state index contributed by atoms with van der Waals surface area (Å²) in [6, 6.07) is 0.111. The van der Waals surface area contributed by atoms with Gasteiger partial charge < -0.3 is 26.2 Å². The molecule has 0 saturated carbocycles. The number of nitrogens with zero attached hydrogens (tertiary/aromatic N) is 3. The molecule has 1 aromatic rings. The number of hydrogen-bond acceptors (Lipinski definition) is 7. The molecular formula is C19H36N6O2. The van der Waals surface area contributed by atoms with E-state index in [9.17, 15) is 5.11 Å². The van der Waals surface area contributed by atoms with Crippen LogP contribution in [0.15, 0.2) is 23.3 Å². The van der Waals surface area contributed by atoms with Crippen LogP contribution in [0.4, 0.5) is 11.8 Å². The van der Waals surface area contributed by atoms with Gasteiger partial charge in [0.15, 0.2) is 11.6 Å². The first kappa shape index (κ1) is 24.7. The van der Waals surface area contributed by atoms with E-state index >= 15 is 0 Å². The summed E-state index contributed by atoms with van der Waals surface area (Å²) in [6.07, 6.45) is 9.29. The van der Waals surface area contributed by atoms with Crippen LogP contribution in [0.3, 0.4) is 0 Å². The van der Waals surface area contributed by atoms with Gasteiger partial charge in [-0.2, -0.15) is 4.98 Å². The minimum absolute atomic E-state index is 0.111. The summed E-state index contributed by atoms with van der Waals surface area (Å²) in [4.78, 5) is 12.3. The van der Waals surface area contributed by atoms with Gasteiger partial charge in [0.1, 0.15) is 12.4 Å². The van der Waals surface area contributed by atoms with Crippen LogP contribution >= 0.6 is 0 Å². The number of aliphatic hydroxyl groups is 1. The van der Waals surface area contributed by atoms with E-state index in [0.29, 0.717) is 23.8 Å². The molecule has 5 N–H and O–H groups in total. The van der Waals surface area contributed by atoms with Gasteiger partial charge in [0, 0.05) is 26.7 Å². The Morgan fingerprint density at radius 1 is 1.37 bits per heavy atom. The molecule has 0 aliphatic carbocycles. The molecular weight excluding hydrogens is 344 g/mol. The Bertz CT molecular complexity index is 559. The summed E-state index contributed by atoms with van der Waals surface area (Å²) < 4.78 is 5.72. The fourth-order valence-corrected chi connectivity index (χ4v) is 2.08. The fraction of sp³-hybridized carbons (Fsp3) is 0.632. The average Bonchev–Trinajstić information content (AvgIpc) is 2.68. The monoisotopic (exact) mass is 380 g/mol. The van der Waals surface area contributed by atoms with E-state index < -0.39 is 0 Å². The van der Waals surface area contributed by atoms with Crippen molar-refractivity contribution in [2.24, 2.45) is 4.99 Å². The highest BCUT2D eigenvalue weighted by Gasteiger charge is 2.14. The minimum Gasteiger partial charge on any atom is -0.480 e. The molecule has 0 aromatic carbocycles. The zero-order chi connectivity index (χ0) is 20.5. The Kier molecular flexibility index (Phi) is 14.5. The summed E-state index contributed by atoms with van der Waals surface area (Å²) in [5, 5.41) is 15.5. The molecule has 0 bridgehead atoms. The van der Waals surface area contributed by atoms with Gasteiger partial charge in [-0.3, -0.25) is 4.99 Å². The zero-order valence-corrected chi connectivity index (χ0v) is 17.3. The normalized spacial score (nSPS) is 12.3. The number of anilines is 2. The standard InChI is InChI=1S/C15H28N6O2.C4H8/c1-4-5-6-11(7-8-22)20-14-12(9-19-15(16)21-14)23-10-13(17-2)18-3;1-3-4-2/h9,11,22H,4-8,10H2,1-3H3,(H,17,18)(H3,16,19,20,21);3-4H,1-2H3. The van der Waals surface area contributed by atoms with Crippen LogP contribution in [-0.4, -0.2) is 54.3 Å². The summed E-state index contributed by atoms with van der Waals surface area (Å²) >= 11 is 0. The number of aromatic nitrogens is 2. The van der Waals surface area contributed by atoms with E-state index in [4.69, 9.17) is 10.5 Å². The van der Waals surface area contributed by atoms with Crippen LogP contribution in [0.2, 0.25) is 0 Å². The number of aliphatic imine (C=N–C) groups is 1. The number of ether oxygens (including phenoxy) is 1. The van der Waals surface area contributed by atoms with Crippen molar-refractivity contribution in [1.29, 1.82) is 0 Å². The lowest BCUT2D eigenvalue weighted by atomic mass is 10.1. The topological polar surface area (TPSA) is 118 Å². The predicted octanol–water partition coefficient (Wildman–Crippen LogP) is 2.62. The molecule has 1 rings (SSSR count). The number of nitrogen functional groups attached to an aromatic ring is 1. The van der Waals surface area contributed by atoms with Gasteiger partial charge in [-0.1, -0.05) is 31.9 Å². The van der Waals surface area contributed by atoms with Crippen molar-refractivity contribution in [2.75, 3.05) is 38.4 Å². The van der Waals surface area contributed by atoms with Crippen molar-refractivity contribution >= 4 is 17.6 Å². The van der Waals surface area contributed by atoms with Gasteiger partial charge in [0.25, 0.3) is 0 Å². The third kappa shape index (κ3) is 11.1. The number of unbranched alkanes of at least 4 members (excludes halogenated alkanes) is 1. The van der Waals surface area contributed by atoms with Crippen LogP contribution in [0.25, 0.3) is 0 Å². The van der Waals surface area contributed by atoms with Crippen LogP contribution in [0.5, 0.6) is 5.75 Å². The van der Waals surface area contributed by atoms with E-state index in [2.05, 4.69) is 32.5 Å². The predicted molar refractivity (Wildman–Crippen MR) is 113 cm³/mol. The van der Waals surface area contributed by atoms with Gasteiger partial charge in [-0.25, -0.2) is 4.98 Å². The molecule has 8 nitrogen and oxygen atoms in total. The minimum atomic E-state index is 0.111. The smallest absolute Gasteiger partial charge is 0.222 e. The summed E-state index contributed by atoms with van der Waals surface area (Å²) in [7, 11) is 3.47. The first-order valence-electron chi connectivity index (χ1n) is 9.39. The fourth-order valence-electron chi connectivity index (χ4n) is 2.08. The molecule has 0 aliphatic heterocycles. The molecule has 154 valence electrons. The number of nitrogens with two attached hydrogens (primary N) is 1. The van der Waals surface area contributed by atoms with Gasteiger partial charge in [-0.15, -0.1) is 0 Å². The summed E-state index contributed by atoms with van der Waals surface area (Å²) in [5.74, 6) is 1.94. The lowest BCUT2D eigenvalue weighted by Gasteiger charge is -2.20. The first-order chi connectivity index (χ1) is 13.1. The molecule has 1 atom stereocenters. The third-order valence-corrected chi connectivity index (χ3v) is 3.75. The Morgan fingerprint density at radius 2 is 2.07 bits per heavy atom. The van der Waals surface area contributed by atoms with Gasteiger partial charge in [0.2, 0.25) is 5.95 Å². The highest BCUT2D eigenvalue weighted by Crippen LogP contribution is 2.24. The van der Waals surface area contributed by atoms with Crippen LogP contribution in [0.1, 0.15) is 46.5 Å². The van der Waals surface area contributed by atoms with E-state index in [1.807, 2.05) is 26.0 Å². The Morgan fingerprint density at radius 3 is 2.59 bits per heavy atom. The van der Waals surface area contributed by atoms with Crippen LogP contribution < -0.4 is 21.1 Å². The van der Waals surface area contributed by atoms with Crippen molar-refractivity contribution in [3.63, 3.8) is 0 Å². The molecule has 1 aromatic heterocycles. The Labute approximate surface area is 163 Å². The molecule has 0 spiro atoms. The number of nitrogens with one attached hydrogen (secondary N) is 2. The maximum Gasteiger partial charge on any atom is 0.222 e. The number of hydrogen-bond donors (Lipinski definition) is 4. The second kappa shape index (κ2) is 15.9. The lowest BCUT2D eigenvalue weighted by molar-refractivity contribution is 0.275. The van der Waals surface area contributed by atoms with Crippen LogP contribution in [0, 0.1) is 0 Å². The molecule has 0 aliphatic rings. The first-order valence-corrected chi connectivity index (χ1v) is 9.39. The Hall–Kier alpha value is -2.35. The molecule has 1 unspecified atom stereocenters. The van der Waals surface area contributed by atoms with Gasteiger partial charge >= 0.3 is 0 Å². The number of rotatable bonds is 10. The summed E-state index contributed by atoms with van der Waals surface area (Å²) in [6.45, 7) is 6.54. The largest absolute Gasteiger partial charge is 0.480 e. The maximum absolute atomic E-state index is 9.23. The highest BCUT2D eigenvalue weighted by molar-refractivity contribution is 5.83. The number of aliphatic hydroxyl groups excluding tert-OH is 1. The third-order valence-electron chi connectivity index (χ3n) is 3.75. The van der Waals surface area contributed by atoms with Crippen molar-refractivity contribution in [3.05, 3.63) is 18.3 Å². The number of allylic oxidation sites excluding steroid dienone is 2. The van der Waals surface area contributed by atoms with Crippen molar-refractivity contribution in [3.8, 4) is 5.75 Å². The van der Waals surface area contributed by atoms with E-state index in [1.165, 1.54) is 0 Å². The van der Waals surface area contributed by atoms with Crippen molar-refractivity contribution < 1.29 is 9.84 Å². The molecule has 8 heteroatoms. The van der Waals surface area contributed by atoms with E-state index in [-0.39, 0.29) is 25.2 Å². The van der Waals surface area contributed by atoms with Crippen molar-refractivity contribution in [1.82, 2.24) is 15.3 Å². The van der Waals surface area contributed by atoms with Gasteiger partial charge in [0.05, 0.1) is 6.20 Å². The second-order valence-corrected chi connectivity index (χ2v) is 5.81. The van der Waals surface area contributed by atoms with Crippen LogP contribution in [-0.2, 0) is 0 Å². The molecule has 27 heavy (non-hydrogen) atoms. The molecule has 1 heterocycles. The Balaban J connectivity index is 0.00000153. The molecule has 0 fully saturated rings. The molecule has 0 amide bonds. The number of likely N-dealkylation sites (N-methyl/N-ethyl adjacent to an activating group) is 1. The highest BCUT2D eigenvalue weighted by atomic mass is 16.5. The molecule has 0 saturated heterocycles. The van der Waals surface area contributed by atoms with E-state index in [1.54, 1.807) is 20.3 Å². The zero-order valence-electron chi connectivity index (χ0n) is 17.3. The van der Waals surface area contributed by atoms with E-state index in [0.717, 1.165) is 19.3 Å². The van der Waals surface area contributed by atoms with Gasteiger partial charge in [-0.05, 0) is 26.7 Å². The SMILES string of the molecule is CC=CC.CCCCC(CCO)Nc1nc(N)ncc1OCC(=NC)NC. The summed E-state index contributed by atoms with van der Waals surface area (Å²) in [5.41, 5.74) is 5.68. The quantitative estimate of drug-likeness (QED) is 0.280. The average molecular weight is 381 g/mol. The lowest BCUT2D eigenvalue weighted by Crippen LogP contribution is -2.26. The van der Waals surface area contributed by atoms with Crippen molar-refractivity contribution in [2.45, 2.75) is 52.5 Å². The molecule has 0 radical (unpaired) electrons. The maximum atomic E-state index is 9.23.